The maximum Gasteiger partial charge on any atom is 0.0414 e. The summed E-state index contributed by atoms with van der Waals surface area (Å²) in [7, 11) is 1.99. The van der Waals surface area contributed by atoms with E-state index in [0.717, 1.165) is 11.4 Å². The lowest BCUT2D eigenvalue weighted by Crippen LogP contribution is -2.12. The molecule has 1 heterocycles. The van der Waals surface area contributed by atoms with Crippen molar-refractivity contribution in [3.63, 3.8) is 0 Å². The second-order valence-electron chi connectivity index (χ2n) is 3.92. The van der Waals surface area contributed by atoms with E-state index in [-0.39, 0.29) is 0 Å². The first-order valence-electron chi connectivity index (χ1n) is 6.00. The minimum atomic E-state index is 0.967. The number of allylic oxidation sites excluding steroid dienone is 1. The van der Waals surface area contributed by atoms with Crippen molar-refractivity contribution in [1.82, 2.24) is 4.90 Å². The van der Waals surface area contributed by atoms with Crippen LogP contribution in [-0.4, -0.2) is 11.9 Å². The van der Waals surface area contributed by atoms with Gasteiger partial charge in [0, 0.05) is 24.0 Å². The Balaban J connectivity index is 0.000000686. The summed E-state index contributed by atoms with van der Waals surface area (Å²) in [6.45, 7) is 14.2. The Morgan fingerprint density at radius 1 is 1.06 bits per heavy atom. The van der Waals surface area contributed by atoms with E-state index in [1.165, 1.54) is 16.7 Å². The molecule has 1 aromatic carbocycles. The van der Waals surface area contributed by atoms with Gasteiger partial charge in [0.15, 0.2) is 0 Å². The highest BCUT2D eigenvalue weighted by Gasteiger charge is 2.13. The maximum atomic E-state index is 4.11. The van der Waals surface area contributed by atoms with Crippen LogP contribution in [0, 0.1) is 6.92 Å². The number of nitrogens with zero attached hydrogens (tertiary/aromatic N) is 1. The first-order valence-corrected chi connectivity index (χ1v) is 6.00. The van der Waals surface area contributed by atoms with Crippen LogP contribution >= 0.6 is 0 Å². The quantitative estimate of drug-likeness (QED) is 0.632. The predicted octanol–water partition coefficient (Wildman–Crippen LogP) is 4.46. The molecule has 90 valence electrons. The van der Waals surface area contributed by atoms with E-state index in [4.69, 9.17) is 0 Å². The summed E-state index contributed by atoms with van der Waals surface area (Å²) in [5.41, 5.74) is 5.62. The second kappa shape index (κ2) is 5.53. The molecule has 0 fully saturated rings. The molecule has 0 N–H and O–H groups in total. The lowest BCUT2D eigenvalue weighted by atomic mass is 10.0. The van der Waals surface area contributed by atoms with Crippen molar-refractivity contribution in [3.05, 3.63) is 59.8 Å². The van der Waals surface area contributed by atoms with Crippen LogP contribution in [0.3, 0.4) is 0 Å². The van der Waals surface area contributed by atoms with Crippen molar-refractivity contribution in [3.8, 4) is 0 Å². The van der Waals surface area contributed by atoms with Crippen LogP contribution < -0.4 is 0 Å². The van der Waals surface area contributed by atoms with Crippen LogP contribution in [0.1, 0.15) is 30.5 Å². The fraction of sp³-hybridized carbons (Fsp3) is 0.250. The molecule has 0 saturated carbocycles. The highest BCUT2D eigenvalue weighted by Crippen LogP contribution is 2.28. The van der Waals surface area contributed by atoms with E-state index >= 15 is 0 Å². The van der Waals surface area contributed by atoms with E-state index in [2.05, 4.69) is 44.4 Å². The lowest BCUT2D eigenvalue weighted by Gasteiger charge is -2.21. The minimum absolute atomic E-state index is 0.967. The molecule has 1 heteroatoms. The largest absolute Gasteiger partial charge is 0.345 e. The molecule has 0 aliphatic carbocycles. The first kappa shape index (κ1) is 13.3. The van der Waals surface area contributed by atoms with Gasteiger partial charge >= 0.3 is 0 Å². The van der Waals surface area contributed by atoms with Crippen LogP contribution in [0.2, 0.25) is 0 Å². The van der Waals surface area contributed by atoms with Gasteiger partial charge in [-0.3, -0.25) is 0 Å². The Morgan fingerprint density at radius 3 is 2.35 bits per heavy atom. The lowest BCUT2D eigenvalue weighted by molar-refractivity contribution is 0.623. The summed E-state index contributed by atoms with van der Waals surface area (Å²) in [5, 5.41) is 0. The average Bonchev–Trinajstić information content (AvgIpc) is 2.45. The van der Waals surface area contributed by atoms with E-state index in [1.54, 1.807) is 0 Å². The van der Waals surface area contributed by atoms with Gasteiger partial charge in [0.2, 0.25) is 0 Å². The zero-order valence-electron chi connectivity index (χ0n) is 11.2. The Labute approximate surface area is 105 Å². The fourth-order valence-corrected chi connectivity index (χ4v) is 1.72. The van der Waals surface area contributed by atoms with E-state index in [9.17, 15) is 0 Å². The zero-order chi connectivity index (χ0) is 13.0. The minimum Gasteiger partial charge on any atom is -0.345 e. The molecule has 17 heavy (non-hydrogen) atoms. The second-order valence-corrected chi connectivity index (χ2v) is 3.92. The van der Waals surface area contributed by atoms with E-state index in [1.807, 2.05) is 31.9 Å². The predicted molar refractivity (Wildman–Crippen MR) is 77.5 cm³/mol. The van der Waals surface area contributed by atoms with Gasteiger partial charge < -0.3 is 4.90 Å². The molecule has 1 aromatic rings. The third kappa shape index (κ3) is 2.68. The SMILES string of the molecule is C=C1C=Cc2ccc(C)cc2C(=C)N1C.CC. The number of rotatable bonds is 0. The summed E-state index contributed by atoms with van der Waals surface area (Å²) in [6, 6.07) is 6.40. The summed E-state index contributed by atoms with van der Waals surface area (Å²) < 4.78 is 0. The molecule has 0 atom stereocenters. The van der Waals surface area contributed by atoms with Crippen molar-refractivity contribution < 1.29 is 0 Å². The molecular formula is C16H21N. The molecule has 0 saturated heterocycles. The summed E-state index contributed by atoms with van der Waals surface area (Å²) in [5.74, 6) is 0. The Bertz CT molecular complexity index is 466. The van der Waals surface area contributed by atoms with Gasteiger partial charge in [0.1, 0.15) is 0 Å². The smallest absolute Gasteiger partial charge is 0.0414 e. The fourth-order valence-electron chi connectivity index (χ4n) is 1.72. The molecule has 0 aromatic heterocycles. The highest BCUT2D eigenvalue weighted by atomic mass is 15.1. The van der Waals surface area contributed by atoms with Crippen molar-refractivity contribution in [1.29, 1.82) is 0 Å². The molecule has 2 rings (SSSR count). The topological polar surface area (TPSA) is 3.24 Å². The normalized spacial score (nSPS) is 13.8. The Kier molecular flexibility index (Phi) is 4.33. The van der Waals surface area contributed by atoms with Crippen molar-refractivity contribution in [2.45, 2.75) is 20.8 Å². The third-order valence-corrected chi connectivity index (χ3v) is 2.81. The van der Waals surface area contributed by atoms with Crippen LogP contribution in [0.4, 0.5) is 0 Å². The summed E-state index contributed by atoms with van der Waals surface area (Å²) in [6.07, 6.45) is 4.11. The van der Waals surface area contributed by atoms with E-state index < -0.39 is 0 Å². The molecule has 1 nitrogen and oxygen atoms in total. The molecule has 0 radical (unpaired) electrons. The van der Waals surface area contributed by atoms with Crippen molar-refractivity contribution in [2.75, 3.05) is 7.05 Å². The van der Waals surface area contributed by atoms with Gasteiger partial charge in [-0.05, 0) is 24.6 Å². The maximum absolute atomic E-state index is 4.11. The standard InChI is InChI=1S/C14H15N.C2H6/c1-10-5-7-13-8-6-11(2)15(4)12(3)14(13)9-10;1-2/h5-9H,2-3H2,1,4H3;1-2H3. The Hall–Kier alpha value is -1.76. The molecular weight excluding hydrogens is 206 g/mol. The van der Waals surface area contributed by atoms with Gasteiger partial charge in [-0.25, -0.2) is 0 Å². The van der Waals surface area contributed by atoms with Crippen LogP contribution in [0.5, 0.6) is 0 Å². The molecule has 0 spiro atoms. The number of fused-ring (bicyclic) bond motifs is 1. The van der Waals surface area contributed by atoms with Crippen molar-refractivity contribution >= 4 is 11.8 Å². The molecule has 1 aliphatic heterocycles. The highest BCUT2D eigenvalue weighted by molar-refractivity contribution is 5.76. The first-order chi connectivity index (χ1) is 8.09. The third-order valence-electron chi connectivity index (χ3n) is 2.81. The Morgan fingerprint density at radius 2 is 1.71 bits per heavy atom. The molecule has 1 aliphatic rings. The van der Waals surface area contributed by atoms with Gasteiger partial charge in [-0.1, -0.05) is 50.8 Å². The summed E-state index contributed by atoms with van der Waals surface area (Å²) >= 11 is 0. The van der Waals surface area contributed by atoms with Crippen molar-refractivity contribution in [2.24, 2.45) is 0 Å². The number of benzene rings is 1. The molecule has 0 bridgehead atoms. The van der Waals surface area contributed by atoms with Gasteiger partial charge in [0.05, 0.1) is 0 Å². The number of hydrogen-bond donors (Lipinski definition) is 0. The summed E-state index contributed by atoms with van der Waals surface area (Å²) in [4.78, 5) is 2.02. The van der Waals surface area contributed by atoms with E-state index in [0.29, 0.717) is 0 Å². The van der Waals surface area contributed by atoms with Gasteiger partial charge in [-0.15, -0.1) is 0 Å². The number of likely N-dealkylation sites (N-methyl/N-ethyl adjacent to an activating group) is 1. The van der Waals surface area contributed by atoms with Gasteiger partial charge in [0.25, 0.3) is 0 Å². The zero-order valence-corrected chi connectivity index (χ0v) is 11.2. The van der Waals surface area contributed by atoms with Gasteiger partial charge in [-0.2, -0.15) is 0 Å². The number of hydrogen-bond acceptors (Lipinski definition) is 1. The number of aryl methyl sites for hydroxylation is 1. The van der Waals surface area contributed by atoms with Crippen LogP contribution in [0.25, 0.3) is 11.8 Å². The average molecular weight is 227 g/mol. The monoisotopic (exact) mass is 227 g/mol. The van der Waals surface area contributed by atoms with Crippen LogP contribution in [-0.2, 0) is 0 Å². The molecule has 0 unspecified atom stereocenters. The molecule has 0 amide bonds. The van der Waals surface area contributed by atoms with Crippen LogP contribution in [0.15, 0.2) is 43.1 Å².